The van der Waals surface area contributed by atoms with Crippen LogP contribution in [0.25, 0.3) is 0 Å². The number of carbonyl (C=O) groups is 1. The van der Waals surface area contributed by atoms with Gasteiger partial charge in [0.05, 0.1) is 16.7 Å². The summed E-state index contributed by atoms with van der Waals surface area (Å²) in [6.07, 6.45) is 0. The van der Waals surface area contributed by atoms with E-state index in [1.54, 1.807) is 13.8 Å². The molecule has 90 valence electrons. The lowest BCUT2D eigenvalue weighted by atomic mass is 10.0. The average Bonchev–Trinajstić information content (AvgIpc) is 2.27. The minimum absolute atomic E-state index is 0.0376. The third kappa shape index (κ3) is 2.56. The molecule has 0 unspecified atom stereocenters. The second kappa shape index (κ2) is 4.72. The van der Waals surface area contributed by atoms with Gasteiger partial charge in [-0.3, -0.25) is 4.79 Å². The molecule has 1 aromatic rings. The van der Waals surface area contributed by atoms with E-state index in [1.807, 2.05) is 6.07 Å². The molecule has 0 aliphatic carbocycles. The highest BCUT2D eigenvalue weighted by Crippen LogP contribution is 2.23. The van der Waals surface area contributed by atoms with Crippen molar-refractivity contribution in [2.24, 2.45) is 0 Å². The third-order valence-corrected chi connectivity index (χ3v) is 2.91. The van der Waals surface area contributed by atoms with Crippen LogP contribution < -0.4 is 0 Å². The molecule has 0 bridgehead atoms. The van der Waals surface area contributed by atoms with E-state index in [0.29, 0.717) is 0 Å². The summed E-state index contributed by atoms with van der Waals surface area (Å²) in [6.45, 7) is 3.14. The molecular weight excluding hydrogens is 243 g/mol. The molecule has 0 saturated heterocycles. The van der Waals surface area contributed by atoms with Gasteiger partial charge in [-0.25, -0.2) is 4.39 Å². The Bertz CT molecular complexity index is 474. The van der Waals surface area contributed by atoms with Crippen LogP contribution in [0, 0.1) is 17.1 Å². The highest BCUT2D eigenvalue weighted by Gasteiger charge is 2.30. The molecule has 1 amide bonds. The smallest absolute Gasteiger partial charge is 0.259 e. The molecule has 0 fully saturated rings. The van der Waals surface area contributed by atoms with Gasteiger partial charge in [-0.2, -0.15) is 5.26 Å². The van der Waals surface area contributed by atoms with Gasteiger partial charge in [-0.15, -0.1) is 0 Å². The van der Waals surface area contributed by atoms with Gasteiger partial charge in [0.25, 0.3) is 5.91 Å². The second-order valence-electron chi connectivity index (χ2n) is 4.13. The topological polar surface area (TPSA) is 44.1 Å². The molecule has 1 rings (SSSR count). The standard InChI is InChI=1S/C12H12ClFN2O/c1-12(2,7-15)16(3)11(17)10-8(13)5-4-6-9(10)14/h4-6H,1-3H3. The van der Waals surface area contributed by atoms with Gasteiger partial charge < -0.3 is 4.90 Å². The minimum Gasteiger partial charge on any atom is -0.323 e. The molecule has 0 radical (unpaired) electrons. The number of nitriles is 1. The Morgan fingerprint density at radius 2 is 2.12 bits per heavy atom. The van der Waals surface area contributed by atoms with Crippen molar-refractivity contribution in [3.05, 3.63) is 34.6 Å². The van der Waals surface area contributed by atoms with Crippen molar-refractivity contribution in [2.75, 3.05) is 7.05 Å². The zero-order chi connectivity index (χ0) is 13.2. The molecule has 5 heteroatoms. The fraction of sp³-hybridized carbons (Fsp3) is 0.333. The van der Waals surface area contributed by atoms with Crippen molar-refractivity contribution in [3.63, 3.8) is 0 Å². The van der Waals surface area contributed by atoms with Gasteiger partial charge in [-0.05, 0) is 26.0 Å². The lowest BCUT2D eigenvalue weighted by Gasteiger charge is -2.29. The third-order valence-electron chi connectivity index (χ3n) is 2.59. The Labute approximate surface area is 104 Å². The first-order valence-corrected chi connectivity index (χ1v) is 5.32. The number of carbonyl (C=O) groups excluding carboxylic acids is 1. The van der Waals surface area contributed by atoms with Gasteiger partial charge in [0.2, 0.25) is 0 Å². The molecule has 0 saturated carbocycles. The first-order valence-electron chi connectivity index (χ1n) is 4.94. The Hall–Kier alpha value is -1.60. The molecule has 0 heterocycles. The van der Waals surface area contributed by atoms with E-state index in [2.05, 4.69) is 0 Å². The van der Waals surface area contributed by atoms with Crippen LogP contribution >= 0.6 is 11.6 Å². The summed E-state index contributed by atoms with van der Waals surface area (Å²) >= 11 is 5.79. The van der Waals surface area contributed by atoms with Gasteiger partial charge in [-0.1, -0.05) is 17.7 Å². The van der Waals surface area contributed by atoms with Crippen molar-refractivity contribution in [2.45, 2.75) is 19.4 Å². The lowest BCUT2D eigenvalue weighted by Crippen LogP contribution is -2.44. The first kappa shape index (κ1) is 13.5. The number of nitrogens with zero attached hydrogens (tertiary/aromatic N) is 2. The van der Waals surface area contributed by atoms with E-state index in [4.69, 9.17) is 16.9 Å². The quantitative estimate of drug-likeness (QED) is 0.815. The molecule has 17 heavy (non-hydrogen) atoms. The molecule has 0 atom stereocenters. The van der Waals surface area contributed by atoms with Crippen LogP contribution in [0.2, 0.25) is 5.02 Å². The number of hydrogen-bond acceptors (Lipinski definition) is 2. The number of amides is 1. The van der Waals surface area contributed by atoms with Crippen molar-refractivity contribution >= 4 is 17.5 Å². The second-order valence-corrected chi connectivity index (χ2v) is 4.54. The minimum atomic E-state index is -1.03. The van der Waals surface area contributed by atoms with E-state index >= 15 is 0 Å². The summed E-state index contributed by atoms with van der Waals surface area (Å²) in [5, 5.41) is 8.97. The van der Waals surface area contributed by atoms with Crippen molar-refractivity contribution < 1.29 is 9.18 Å². The normalized spacial score (nSPS) is 10.8. The van der Waals surface area contributed by atoms with Crippen LogP contribution in [0.5, 0.6) is 0 Å². The molecule has 0 N–H and O–H groups in total. The maximum atomic E-state index is 13.5. The maximum Gasteiger partial charge on any atom is 0.259 e. The molecule has 1 aromatic carbocycles. The predicted molar refractivity (Wildman–Crippen MR) is 63.2 cm³/mol. The largest absolute Gasteiger partial charge is 0.323 e. The van der Waals surface area contributed by atoms with Crippen LogP contribution in [0.4, 0.5) is 4.39 Å². The summed E-state index contributed by atoms with van der Waals surface area (Å²) in [5.41, 5.74) is -1.23. The number of hydrogen-bond donors (Lipinski definition) is 0. The fourth-order valence-corrected chi connectivity index (χ4v) is 1.44. The SMILES string of the molecule is CN(C(=O)c1c(F)cccc1Cl)C(C)(C)C#N. The van der Waals surface area contributed by atoms with Crippen molar-refractivity contribution in [3.8, 4) is 6.07 Å². The maximum absolute atomic E-state index is 13.5. The van der Waals surface area contributed by atoms with Gasteiger partial charge >= 0.3 is 0 Å². The average molecular weight is 255 g/mol. The summed E-state index contributed by atoms with van der Waals surface area (Å²) in [6, 6.07) is 5.99. The van der Waals surface area contributed by atoms with Gasteiger partial charge in [0.1, 0.15) is 11.4 Å². The lowest BCUT2D eigenvalue weighted by molar-refractivity contribution is 0.0694. The van der Waals surface area contributed by atoms with E-state index in [9.17, 15) is 9.18 Å². The zero-order valence-corrected chi connectivity index (χ0v) is 10.5. The van der Waals surface area contributed by atoms with E-state index in [0.717, 1.165) is 11.0 Å². The molecule has 0 aromatic heterocycles. The van der Waals surface area contributed by atoms with E-state index in [1.165, 1.54) is 19.2 Å². The number of halogens is 2. The number of rotatable bonds is 2. The van der Waals surface area contributed by atoms with Crippen LogP contribution in [-0.2, 0) is 0 Å². The summed E-state index contributed by atoms with van der Waals surface area (Å²) in [5.74, 6) is -1.30. The highest BCUT2D eigenvalue weighted by atomic mass is 35.5. The molecular formula is C12H12ClFN2O. The van der Waals surface area contributed by atoms with Crippen molar-refractivity contribution in [1.82, 2.24) is 4.90 Å². The molecule has 3 nitrogen and oxygen atoms in total. The predicted octanol–water partition coefficient (Wildman–Crippen LogP) is 2.85. The molecule has 0 aliphatic rings. The van der Waals surface area contributed by atoms with Crippen LogP contribution in [0.3, 0.4) is 0 Å². The number of benzene rings is 1. The summed E-state index contributed by atoms with van der Waals surface area (Å²) < 4.78 is 13.5. The van der Waals surface area contributed by atoms with Crippen LogP contribution in [-0.4, -0.2) is 23.4 Å². The zero-order valence-electron chi connectivity index (χ0n) is 9.79. The fourth-order valence-electron chi connectivity index (χ4n) is 1.20. The summed E-state index contributed by atoms with van der Waals surface area (Å²) in [4.78, 5) is 13.2. The van der Waals surface area contributed by atoms with Crippen LogP contribution in [0.1, 0.15) is 24.2 Å². The molecule has 0 spiro atoms. The Balaban J connectivity index is 3.19. The van der Waals surface area contributed by atoms with Crippen LogP contribution in [0.15, 0.2) is 18.2 Å². The highest BCUT2D eigenvalue weighted by molar-refractivity contribution is 6.33. The van der Waals surface area contributed by atoms with Gasteiger partial charge in [0.15, 0.2) is 0 Å². The van der Waals surface area contributed by atoms with Crippen molar-refractivity contribution in [1.29, 1.82) is 5.26 Å². The van der Waals surface area contributed by atoms with E-state index in [-0.39, 0.29) is 10.6 Å². The monoisotopic (exact) mass is 254 g/mol. The summed E-state index contributed by atoms with van der Waals surface area (Å²) in [7, 11) is 1.44. The van der Waals surface area contributed by atoms with E-state index < -0.39 is 17.3 Å². The Morgan fingerprint density at radius 3 is 2.59 bits per heavy atom. The molecule has 0 aliphatic heterocycles. The Morgan fingerprint density at radius 1 is 1.53 bits per heavy atom. The van der Waals surface area contributed by atoms with Gasteiger partial charge in [0, 0.05) is 7.05 Å². The first-order chi connectivity index (χ1) is 7.81. The Kier molecular flexibility index (Phi) is 3.74.